The van der Waals surface area contributed by atoms with Gasteiger partial charge in [-0.15, -0.1) is 11.3 Å². The number of rotatable bonds is 2. The smallest absolute Gasteiger partial charge is 0.256 e. The Hall–Kier alpha value is -2.21. The maximum Gasteiger partial charge on any atom is 0.256 e. The third kappa shape index (κ3) is 2.42. The van der Waals surface area contributed by atoms with E-state index in [1.807, 2.05) is 23.6 Å². The number of nitrogens with two attached hydrogens (primary N) is 1. The molecule has 0 bridgehead atoms. The number of thiophene rings is 1. The predicted molar refractivity (Wildman–Crippen MR) is 83.2 cm³/mol. The summed E-state index contributed by atoms with van der Waals surface area (Å²) in [5.41, 5.74) is 8.24. The van der Waals surface area contributed by atoms with Crippen molar-refractivity contribution in [3.05, 3.63) is 29.1 Å². The molecule has 1 aromatic carbocycles. The molecule has 1 aliphatic heterocycles. The molecule has 21 heavy (non-hydrogen) atoms. The van der Waals surface area contributed by atoms with E-state index < -0.39 is 0 Å². The Morgan fingerprint density at radius 1 is 1.24 bits per heavy atom. The molecule has 0 aliphatic carbocycles. The third-order valence-electron chi connectivity index (χ3n) is 3.29. The van der Waals surface area contributed by atoms with Gasteiger partial charge in [0.2, 0.25) is 0 Å². The van der Waals surface area contributed by atoms with E-state index in [1.165, 1.54) is 16.2 Å². The van der Waals surface area contributed by atoms with Crippen LogP contribution in [0, 0.1) is 0 Å². The minimum atomic E-state index is -0.0985. The first-order valence-electron chi connectivity index (χ1n) is 6.56. The Labute approximate surface area is 126 Å². The fourth-order valence-corrected chi connectivity index (χ4v) is 3.05. The Balaban J connectivity index is 2.07. The van der Waals surface area contributed by atoms with Crippen LogP contribution in [0.15, 0.2) is 23.6 Å². The number of nitrogens with zero attached hydrogens (tertiary/aromatic N) is 1. The normalized spacial score (nSPS) is 13.0. The van der Waals surface area contributed by atoms with E-state index in [-0.39, 0.29) is 5.91 Å². The number of hydrogen-bond acceptors (Lipinski definition) is 5. The van der Waals surface area contributed by atoms with Crippen LogP contribution in [0.2, 0.25) is 0 Å². The molecule has 2 aromatic rings. The van der Waals surface area contributed by atoms with Gasteiger partial charge in [0.1, 0.15) is 13.2 Å². The van der Waals surface area contributed by atoms with Crippen molar-refractivity contribution in [1.29, 1.82) is 0 Å². The molecule has 0 atom stereocenters. The van der Waals surface area contributed by atoms with Gasteiger partial charge in [-0.25, -0.2) is 0 Å². The number of carbonyl (C=O) groups is 1. The molecule has 3 rings (SSSR count). The molecule has 0 unspecified atom stereocenters. The van der Waals surface area contributed by atoms with Crippen LogP contribution in [0.25, 0.3) is 11.1 Å². The summed E-state index contributed by atoms with van der Waals surface area (Å²) in [4.78, 5) is 13.8. The first-order valence-corrected chi connectivity index (χ1v) is 7.44. The summed E-state index contributed by atoms with van der Waals surface area (Å²) in [7, 11) is 3.43. The molecular weight excluding hydrogens is 288 g/mol. The largest absolute Gasteiger partial charge is 0.486 e. The number of benzene rings is 1. The van der Waals surface area contributed by atoms with Gasteiger partial charge >= 0.3 is 0 Å². The molecule has 6 heteroatoms. The number of carbonyl (C=O) groups excluding carboxylic acids is 1. The van der Waals surface area contributed by atoms with Gasteiger partial charge in [-0.2, -0.15) is 0 Å². The second kappa shape index (κ2) is 5.29. The average molecular weight is 304 g/mol. The van der Waals surface area contributed by atoms with Crippen molar-refractivity contribution in [1.82, 2.24) is 4.90 Å². The second-order valence-corrected chi connectivity index (χ2v) is 5.86. The number of amides is 1. The number of nitrogen functional groups attached to an aromatic ring is 1. The molecule has 0 spiro atoms. The van der Waals surface area contributed by atoms with Crippen LogP contribution in [0.3, 0.4) is 0 Å². The summed E-state index contributed by atoms with van der Waals surface area (Å²) in [5, 5.41) is 2.43. The van der Waals surface area contributed by atoms with Crippen molar-refractivity contribution >= 4 is 22.2 Å². The third-order valence-corrected chi connectivity index (χ3v) is 4.10. The van der Waals surface area contributed by atoms with Gasteiger partial charge in [-0.05, 0) is 17.7 Å². The topological polar surface area (TPSA) is 64.8 Å². The number of fused-ring (bicyclic) bond motifs is 1. The summed E-state index contributed by atoms with van der Waals surface area (Å²) in [6.45, 7) is 1.09. The van der Waals surface area contributed by atoms with Crippen molar-refractivity contribution in [2.24, 2.45) is 0 Å². The van der Waals surface area contributed by atoms with Crippen LogP contribution in [0.1, 0.15) is 10.4 Å². The van der Waals surface area contributed by atoms with Crippen LogP contribution in [0.5, 0.6) is 11.5 Å². The minimum absolute atomic E-state index is 0.0985. The minimum Gasteiger partial charge on any atom is -0.486 e. The van der Waals surface area contributed by atoms with Gasteiger partial charge in [0.25, 0.3) is 5.91 Å². The van der Waals surface area contributed by atoms with E-state index in [0.717, 1.165) is 16.9 Å². The van der Waals surface area contributed by atoms with E-state index in [2.05, 4.69) is 0 Å². The van der Waals surface area contributed by atoms with E-state index in [4.69, 9.17) is 15.2 Å². The number of hydrogen-bond donors (Lipinski definition) is 1. The van der Waals surface area contributed by atoms with Crippen LogP contribution >= 0.6 is 11.3 Å². The van der Waals surface area contributed by atoms with Crippen LogP contribution in [0.4, 0.5) is 5.00 Å². The van der Waals surface area contributed by atoms with Gasteiger partial charge in [-0.3, -0.25) is 4.79 Å². The highest BCUT2D eigenvalue weighted by Gasteiger charge is 2.21. The van der Waals surface area contributed by atoms with Gasteiger partial charge in [0, 0.05) is 25.0 Å². The fraction of sp³-hybridized carbons (Fsp3) is 0.267. The molecule has 0 radical (unpaired) electrons. The standard InChI is InChI=1S/C15H16N2O3S/c1-17(2)15(18)13-10(8-21-14(13)16)9-3-4-11-12(7-9)20-6-5-19-11/h3-4,7-8H,5-6,16H2,1-2H3. The number of ether oxygens (including phenoxy) is 2. The summed E-state index contributed by atoms with van der Waals surface area (Å²) in [6.07, 6.45) is 0. The lowest BCUT2D eigenvalue weighted by Gasteiger charge is -2.19. The molecule has 5 nitrogen and oxygen atoms in total. The lowest BCUT2D eigenvalue weighted by Crippen LogP contribution is -2.22. The zero-order chi connectivity index (χ0) is 15.0. The molecule has 0 saturated carbocycles. The molecule has 2 N–H and O–H groups in total. The van der Waals surface area contributed by atoms with Gasteiger partial charge in [-0.1, -0.05) is 6.07 Å². The monoisotopic (exact) mass is 304 g/mol. The predicted octanol–water partition coefficient (Wildman–Crippen LogP) is 2.47. The maximum absolute atomic E-state index is 12.3. The first kappa shape index (κ1) is 13.8. The zero-order valence-electron chi connectivity index (χ0n) is 11.9. The van der Waals surface area contributed by atoms with Gasteiger partial charge in [0.15, 0.2) is 11.5 Å². The zero-order valence-corrected chi connectivity index (χ0v) is 12.7. The van der Waals surface area contributed by atoms with Crippen molar-refractivity contribution in [3.63, 3.8) is 0 Å². The molecule has 2 heterocycles. The lowest BCUT2D eigenvalue weighted by atomic mass is 10.0. The van der Waals surface area contributed by atoms with Crippen LogP contribution in [-0.4, -0.2) is 38.1 Å². The molecule has 1 aliphatic rings. The van der Waals surface area contributed by atoms with Gasteiger partial charge in [0.05, 0.1) is 10.6 Å². The van der Waals surface area contributed by atoms with E-state index in [9.17, 15) is 4.79 Å². The maximum atomic E-state index is 12.3. The molecule has 1 aromatic heterocycles. The fourth-order valence-electron chi connectivity index (χ4n) is 2.24. The SMILES string of the molecule is CN(C)C(=O)c1c(-c2ccc3c(c2)OCCO3)csc1N. The average Bonchev–Trinajstić information content (AvgIpc) is 2.87. The molecule has 1 amide bonds. The summed E-state index contributed by atoms with van der Waals surface area (Å²) in [6, 6.07) is 5.67. The van der Waals surface area contributed by atoms with Crippen molar-refractivity contribution in [2.75, 3.05) is 33.0 Å². The van der Waals surface area contributed by atoms with Crippen molar-refractivity contribution < 1.29 is 14.3 Å². The first-order chi connectivity index (χ1) is 10.1. The lowest BCUT2D eigenvalue weighted by molar-refractivity contribution is 0.0830. The summed E-state index contributed by atoms with van der Waals surface area (Å²) in [5.74, 6) is 1.33. The molecular formula is C15H16N2O3S. The molecule has 0 fully saturated rings. The summed E-state index contributed by atoms with van der Waals surface area (Å²) >= 11 is 1.37. The quantitative estimate of drug-likeness (QED) is 0.925. The van der Waals surface area contributed by atoms with Crippen molar-refractivity contribution in [2.45, 2.75) is 0 Å². The van der Waals surface area contributed by atoms with E-state index in [0.29, 0.717) is 29.5 Å². The van der Waals surface area contributed by atoms with Crippen LogP contribution in [-0.2, 0) is 0 Å². The Kier molecular flexibility index (Phi) is 3.47. The van der Waals surface area contributed by atoms with E-state index >= 15 is 0 Å². The second-order valence-electron chi connectivity index (χ2n) is 4.95. The highest BCUT2D eigenvalue weighted by molar-refractivity contribution is 7.15. The van der Waals surface area contributed by atoms with Crippen molar-refractivity contribution in [3.8, 4) is 22.6 Å². The summed E-state index contributed by atoms with van der Waals surface area (Å²) < 4.78 is 11.1. The van der Waals surface area contributed by atoms with Crippen LogP contribution < -0.4 is 15.2 Å². The number of anilines is 1. The van der Waals surface area contributed by atoms with Gasteiger partial charge < -0.3 is 20.1 Å². The Bertz CT molecular complexity index is 694. The molecule has 0 saturated heterocycles. The Morgan fingerprint density at radius 2 is 1.95 bits per heavy atom. The van der Waals surface area contributed by atoms with E-state index in [1.54, 1.807) is 14.1 Å². The Morgan fingerprint density at radius 3 is 2.67 bits per heavy atom. The highest BCUT2D eigenvalue weighted by atomic mass is 32.1. The molecule has 110 valence electrons. The highest BCUT2D eigenvalue weighted by Crippen LogP contribution is 2.39.